The van der Waals surface area contributed by atoms with Gasteiger partial charge in [0.05, 0.1) is 11.7 Å². The maximum Gasteiger partial charge on any atom is 0.134 e. The van der Waals surface area contributed by atoms with Crippen molar-refractivity contribution in [2.75, 3.05) is 5.75 Å². The van der Waals surface area contributed by atoms with E-state index in [1.165, 1.54) is 23.9 Å². The monoisotopic (exact) mass is 294 g/mol. The lowest BCUT2D eigenvalue weighted by molar-refractivity contribution is 0.193. The second-order valence-corrected chi connectivity index (χ2v) is 5.83. The van der Waals surface area contributed by atoms with Gasteiger partial charge >= 0.3 is 0 Å². The van der Waals surface area contributed by atoms with Crippen molar-refractivity contribution in [3.8, 4) is 0 Å². The summed E-state index contributed by atoms with van der Waals surface area (Å²) < 4.78 is 27.6. The zero-order valence-electron chi connectivity index (χ0n) is 11.4. The Kier molecular flexibility index (Phi) is 4.78. The molecular formula is C16H16F2OS. The molecule has 1 atom stereocenters. The van der Waals surface area contributed by atoms with Crippen molar-refractivity contribution in [1.29, 1.82) is 0 Å². The molecule has 1 unspecified atom stereocenters. The largest absolute Gasteiger partial charge is 0.387 e. The number of aryl methyl sites for hydroxylation is 2. The van der Waals surface area contributed by atoms with Crippen LogP contribution < -0.4 is 0 Å². The Bertz CT molecular complexity index is 613. The molecule has 106 valence electrons. The third-order valence-electron chi connectivity index (χ3n) is 3.05. The summed E-state index contributed by atoms with van der Waals surface area (Å²) in [6, 6.07) is 10.3. The fraction of sp³-hybridized carbons (Fsp3) is 0.250. The molecule has 0 aliphatic heterocycles. The number of aliphatic hydroxyl groups is 1. The molecule has 1 nitrogen and oxygen atoms in total. The van der Waals surface area contributed by atoms with Crippen LogP contribution in [0.3, 0.4) is 0 Å². The van der Waals surface area contributed by atoms with Gasteiger partial charge in [0.15, 0.2) is 0 Å². The highest BCUT2D eigenvalue weighted by Crippen LogP contribution is 2.29. The molecular weight excluding hydrogens is 278 g/mol. The van der Waals surface area contributed by atoms with Crippen LogP contribution in [0.25, 0.3) is 0 Å². The predicted molar refractivity (Wildman–Crippen MR) is 78.0 cm³/mol. The molecule has 0 aliphatic carbocycles. The molecule has 0 aliphatic rings. The van der Waals surface area contributed by atoms with Gasteiger partial charge in [-0.05, 0) is 37.6 Å². The fourth-order valence-electron chi connectivity index (χ4n) is 1.95. The summed E-state index contributed by atoms with van der Waals surface area (Å²) in [5.41, 5.74) is 1.20. The summed E-state index contributed by atoms with van der Waals surface area (Å²) in [5, 5.41) is 10.0. The molecule has 20 heavy (non-hydrogen) atoms. The molecule has 0 spiro atoms. The van der Waals surface area contributed by atoms with Crippen LogP contribution in [0.1, 0.15) is 22.8 Å². The predicted octanol–water partition coefficient (Wildman–Crippen LogP) is 4.41. The van der Waals surface area contributed by atoms with Gasteiger partial charge in [0.25, 0.3) is 0 Å². The number of hydrogen-bond acceptors (Lipinski definition) is 2. The molecule has 1 N–H and O–H groups in total. The number of aliphatic hydroxyl groups excluding tert-OH is 1. The molecule has 4 heteroatoms. The quantitative estimate of drug-likeness (QED) is 0.843. The van der Waals surface area contributed by atoms with Crippen molar-refractivity contribution in [3.63, 3.8) is 0 Å². The topological polar surface area (TPSA) is 20.2 Å². The van der Waals surface area contributed by atoms with E-state index in [1.807, 2.05) is 31.2 Å². The van der Waals surface area contributed by atoms with E-state index < -0.39 is 17.7 Å². The van der Waals surface area contributed by atoms with Gasteiger partial charge in [-0.2, -0.15) is 0 Å². The van der Waals surface area contributed by atoms with E-state index in [-0.39, 0.29) is 11.3 Å². The summed E-state index contributed by atoms with van der Waals surface area (Å²) in [4.78, 5) is 0.970. The van der Waals surface area contributed by atoms with Gasteiger partial charge in [-0.25, -0.2) is 8.78 Å². The van der Waals surface area contributed by atoms with Crippen LogP contribution >= 0.6 is 11.8 Å². The molecule has 0 saturated heterocycles. The minimum absolute atomic E-state index is 0.209. The van der Waals surface area contributed by atoms with Crippen molar-refractivity contribution in [2.45, 2.75) is 24.8 Å². The highest BCUT2D eigenvalue weighted by atomic mass is 32.2. The average molecular weight is 294 g/mol. The molecule has 0 fully saturated rings. The SMILES string of the molecule is Cc1cccc(SCC(O)c2c(F)ccc(C)c2F)c1. The molecule has 0 aromatic heterocycles. The first-order valence-electron chi connectivity index (χ1n) is 6.31. The van der Waals surface area contributed by atoms with Crippen LogP contribution in [0.4, 0.5) is 8.78 Å². The third-order valence-corrected chi connectivity index (χ3v) is 4.12. The summed E-state index contributed by atoms with van der Waals surface area (Å²) in [6.45, 7) is 3.53. The molecule has 0 bridgehead atoms. The Balaban J connectivity index is 2.13. The van der Waals surface area contributed by atoms with Crippen molar-refractivity contribution < 1.29 is 13.9 Å². The van der Waals surface area contributed by atoms with Gasteiger partial charge in [0.1, 0.15) is 11.6 Å². The minimum atomic E-state index is -1.17. The maximum absolute atomic E-state index is 13.9. The molecule has 0 amide bonds. The molecule has 0 heterocycles. The highest BCUT2D eigenvalue weighted by molar-refractivity contribution is 7.99. The average Bonchev–Trinajstić information content (AvgIpc) is 2.41. The third kappa shape index (κ3) is 3.38. The number of benzene rings is 2. The summed E-state index contributed by atoms with van der Waals surface area (Å²) in [6.07, 6.45) is -1.17. The van der Waals surface area contributed by atoms with E-state index in [0.29, 0.717) is 5.56 Å². The molecule has 2 rings (SSSR count). The first-order valence-corrected chi connectivity index (χ1v) is 7.29. The van der Waals surface area contributed by atoms with Gasteiger partial charge in [0, 0.05) is 10.6 Å². The minimum Gasteiger partial charge on any atom is -0.387 e. The Morgan fingerprint density at radius 2 is 1.90 bits per heavy atom. The smallest absolute Gasteiger partial charge is 0.134 e. The maximum atomic E-state index is 13.9. The zero-order valence-corrected chi connectivity index (χ0v) is 12.2. The van der Waals surface area contributed by atoms with E-state index in [2.05, 4.69) is 0 Å². The van der Waals surface area contributed by atoms with Crippen LogP contribution in [-0.2, 0) is 0 Å². The van der Waals surface area contributed by atoms with Crippen molar-refractivity contribution in [3.05, 3.63) is 64.7 Å². The second kappa shape index (κ2) is 6.37. The first kappa shape index (κ1) is 15.0. The van der Waals surface area contributed by atoms with Gasteiger partial charge in [-0.15, -0.1) is 11.8 Å². The van der Waals surface area contributed by atoms with Gasteiger partial charge in [-0.3, -0.25) is 0 Å². The number of thioether (sulfide) groups is 1. The van der Waals surface area contributed by atoms with Crippen LogP contribution in [0.2, 0.25) is 0 Å². The Hall–Kier alpha value is -1.39. The second-order valence-electron chi connectivity index (χ2n) is 4.74. The van der Waals surface area contributed by atoms with Crippen molar-refractivity contribution in [2.24, 2.45) is 0 Å². The van der Waals surface area contributed by atoms with Gasteiger partial charge in [-0.1, -0.05) is 23.8 Å². The van der Waals surface area contributed by atoms with Crippen LogP contribution in [0.15, 0.2) is 41.3 Å². The lowest BCUT2D eigenvalue weighted by Gasteiger charge is -2.14. The lowest BCUT2D eigenvalue weighted by atomic mass is 10.1. The Labute approximate surface area is 121 Å². The number of rotatable bonds is 4. The van der Waals surface area contributed by atoms with Crippen LogP contribution in [0, 0.1) is 25.5 Å². The van der Waals surface area contributed by atoms with E-state index in [1.54, 1.807) is 6.92 Å². The highest BCUT2D eigenvalue weighted by Gasteiger charge is 2.19. The van der Waals surface area contributed by atoms with Crippen LogP contribution in [0.5, 0.6) is 0 Å². The zero-order chi connectivity index (χ0) is 14.7. The summed E-state index contributed by atoms with van der Waals surface area (Å²) >= 11 is 1.38. The van der Waals surface area contributed by atoms with Crippen molar-refractivity contribution in [1.82, 2.24) is 0 Å². The normalized spacial score (nSPS) is 12.4. The van der Waals surface area contributed by atoms with Crippen molar-refractivity contribution >= 4 is 11.8 Å². The number of halogens is 2. The van der Waals surface area contributed by atoms with E-state index >= 15 is 0 Å². The van der Waals surface area contributed by atoms with E-state index in [4.69, 9.17) is 0 Å². The lowest BCUT2D eigenvalue weighted by Crippen LogP contribution is -2.08. The van der Waals surface area contributed by atoms with E-state index in [9.17, 15) is 13.9 Å². The molecule has 0 radical (unpaired) electrons. The fourth-order valence-corrected chi connectivity index (χ4v) is 2.91. The molecule has 0 saturated carbocycles. The molecule has 2 aromatic rings. The standard InChI is InChI=1S/C16H16F2OS/c1-10-4-3-5-12(8-10)20-9-14(19)15-13(17)7-6-11(2)16(15)18/h3-8,14,19H,9H2,1-2H3. The Morgan fingerprint density at radius 3 is 2.60 bits per heavy atom. The van der Waals surface area contributed by atoms with Gasteiger partial charge < -0.3 is 5.11 Å². The summed E-state index contributed by atoms with van der Waals surface area (Å²) in [5.74, 6) is -1.16. The van der Waals surface area contributed by atoms with E-state index in [0.717, 1.165) is 10.5 Å². The first-order chi connectivity index (χ1) is 9.49. The number of hydrogen-bond donors (Lipinski definition) is 1. The van der Waals surface area contributed by atoms with Crippen LogP contribution in [-0.4, -0.2) is 10.9 Å². The Morgan fingerprint density at radius 1 is 1.15 bits per heavy atom. The molecule has 2 aromatic carbocycles. The summed E-state index contributed by atoms with van der Waals surface area (Å²) in [7, 11) is 0. The van der Waals surface area contributed by atoms with Gasteiger partial charge in [0.2, 0.25) is 0 Å².